The lowest BCUT2D eigenvalue weighted by molar-refractivity contribution is -0.242. The van der Waals surface area contributed by atoms with Gasteiger partial charge in [-0.05, 0) is 77.9 Å². The van der Waals surface area contributed by atoms with Crippen molar-refractivity contribution in [3.8, 4) is 0 Å². The Bertz CT molecular complexity index is 887. The molecule has 0 heterocycles. The van der Waals surface area contributed by atoms with Crippen molar-refractivity contribution >= 4 is 11.6 Å². The number of allylic oxidation sites excluding steroid dienone is 4. The van der Waals surface area contributed by atoms with Crippen LogP contribution in [0, 0.1) is 22.7 Å². The van der Waals surface area contributed by atoms with E-state index in [2.05, 4.69) is 0 Å². The number of halogens is 1. The molecule has 0 bridgehead atoms. The van der Waals surface area contributed by atoms with Crippen molar-refractivity contribution in [1.82, 2.24) is 0 Å². The molecular formula is C26H37FO5. The summed E-state index contributed by atoms with van der Waals surface area (Å²) in [6.45, 7) is 9.51. The molecule has 0 saturated heterocycles. The van der Waals surface area contributed by atoms with Crippen molar-refractivity contribution in [2.24, 2.45) is 22.7 Å². The van der Waals surface area contributed by atoms with Crippen LogP contribution >= 0.6 is 0 Å². The fourth-order valence-electron chi connectivity index (χ4n) is 7.65. The van der Waals surface area contributed by atoms with E-state index in [0.717, 1.165) is 5.57 Å². The van der Waals surface area contributed by atoms with Crippen LogP contribution in [-0.4, -0.2) is 53.4 Å². The molecule has 0 spiro atoms. The van der Waals surface area contributed by atoms with Crippen molar-refractivity contribution in [3.63, 3.8) is 0 Å². The van der Waals surface area contributed by atoms with Gasteiger partial charge in [0.1, 0.15) is 12.2 Å². The van der Waals surface area contributed by atoms with Crippen LogP contribution in [0.1, 0.15) is 66.7 Å². The third-order valence-corrected chi connectivity index (χ3v) is 8.97. The fraction of sp³-hybridized carbons (Fsp3) is 0.769. The zero-order valence-electron chi connectivity index (χ0n) is 20.2. The van der Waals surface area contributed by atoms with Crippen molar-refractivity contribution in [2.75, 3.05) is 13.7 Å². The van der Waals surface area contributed by atoms with Crippen molar-refractivity contribution in [3.05, 3.63) is 23.8 Å². The Morgan fingerprint density at radius 2 is 1.94 bits per heavy atom. The van der Waals surface area contributed by atoms with E-state index in [4.69, 9.17) is 9.47 Å². The number of rotatable bonds is 4. The van der Waals surface area contributed by atoms with Gasteiger partial charge < -0.3 is 14.6 Å². The van der Waals surface area contributed by atoms with Gasteiger partial charge in [-0.1, -0.05) is 18.6 Å². The van der Waals surface area contributed by atoms with Crippen LogP contribution in [0.5, 0.6) is 0 Å². The summed E-state index contributed by atoms with van der Waals surface area (Å²) >= 11 is 0. The molecular weight excluding hydrogens is 411 g/mol. The minimum Gasteiger partial charge on any atom is -0.390 e. The summed E-state index contributed by atoms with van der Waals surface area (Å²) in [6, 6.07) is 0. The van der Waals surface area contributed by atoms with E-state index in [9.17, 15) is 14.7 Å². The number of ketones is 2. The first kappa shape index (κ1) is 23.8. The predicted octanol–water partition coefficient (Wildman–Crippen LogP) is 4.13. The number of aliphatic hydroxyl groups excluding tert-OH is 1. The molecule has 5 nitrogen and oxygen atoms in total. The van der Waals surface area contributed by atoms with E-state index in [1.807, 2.05) is 34.6 Å². The lowest BCUT2D eigenvalue weighted by Gasteiger charge is -2.63. The third kappa shape index (κ3) is 2.98. The number of hydrogen-bond donors (Lipinski definition) is 1. The highest BCUT2D eigenvalue weighted by Gasteiger charge is 2.75. The van der Waals surface area contributed by atoms with Gasteiger partial charge in [0.15, 0.2) is 17.2 Å². The highest BCUT2D eigenvalue weighted by Crippen LogP contribution is 2.70. The maximum Gasteiger partial charge on any atom is 0.190 e. The summed E-state index contributed by atoms with van der Waals surface area (Å²) < 4.78 is 29.0. The van der Waals surface area contributed by atoms with Crippen LogP contribution in [0.3, 0.4) is 0 Å². The minimum absolute atomic E-state index is 0.0740. The van der Waals surface area contributed by atoms with Gasteiger partial charge in [0.2, 0.25) is 0 Å². The molecule has 32 heavy (non-hydrogen) atoms. The molecule has 0 radical (unpaired) electrons. The van der Waals surface area contributed by atoms with Gasteiger partial charge in [-0.3, -0.25) is 9.59 Å². The smallest absolute Gasteiger partial charge is 0.190 e. The van der Waals surface area contributed by atoms with E-state index in [0.29, 0.717) is 25.7 Å². The molecule has 4 aliphatic rings. The number of hydrogen-bond acceptors (Lipinski definition) is 5. The van der Waals surface area contributed by atoms with Crippen molar-refractivity contribution < 1.29 is 28.6 Å². The molecule has 7 atom stereocenters. The van der Waals surface area contributed by atoms with Gasteiger partial charge in [-0.2, -0.15) is 0 Å². The normalized spacial score (nSPS) is 45.7. The summed E-state index contributed by atoms with van der Waals surface area (Å²) in [5.41, 5.74) is -4.61. The Hall–Kier alpha value is -1.37. The molecule has 0 aromatic heterocycles. The number of carbonyl (C=O) groups excluding carboxylic acids is 2. The molecule has 3 saturated carbocycles. The molecule has 0 aliphatic heterocycles. The number of carbonyl (C=O) groups is 2. The molecule has 0 aromatic rings. The second kappa shape index (κ2) is 7.31. The van der Waals surface area contributed by atoms with Crippen LogP contribution in [0.25, 0.3) is 0 Å². The number of ether oxygens (including phenoxy) is 2. The first-order valence-corrected chi connectivity index (χ1v) is 11.8. The molecule has 4 rings (SSSR count). The Labute approximate surface area is 190 Å². The quantitative estimate of drug-likeness (QED) is 0.700. The highest BCUT2D eigenvalue weighted by molar-refractivity contribution is 6.01. The highest BCUT2D eigenvalue weighted by atomic mass is 19.1. The van der Waals surface area contributed by atoms with E-state index in [-0.39, 0.29) is 30.5 Å². The Kier molecular flexibility index (Phi) is 5.43. The Morgan fingerprint density at radius 1 is 1.25 bits per heavy atom. The number of alkyl halides is 1. The standard InChI is InChI=1S/C26H37FO5/c1-22(2,3)32-25(21(30)15-31-6)12-10-18-19-8-7-16-13-17(28)9-11-23(16,4)26(19,27)20(29)14-24(18,25)5/h9,11,13,18-20,29H,7-8,10,12,14-15H2,1-6H3. The van der Waals surface area contributed by atoms with Crippen LogP contribution in [-0.2, 0) is 19.1 Å². The molecule has 6 heteroatoms. The number of methoxy groups -OCH3 is 1. The molecule has 0 amide bonds. The topological polar surface area (TPSA) is 72.8 Å². The predicted molar refractivity (Wildman–Crippen MR) is 119 cm³/mol. The first-order valence-electron chi connectivity index (χ1n) is 11.8. The maximum absolute atomic E-state index is 17.2. The largest absolute Gasteiger partial charge is 0.390 e. The van der Waals surface area contributed by atoms with Crippen molar-refractivity contribution in [1.29, 1.82) is 0 Å². The van der Waals surface area contributed by atoms with E-state index in [1.165, 1.54) is 13.2 Å². The number of fused-ring (bicyclic) bond motifs is 5. The van der Waals surface area contributed by atoms with Gasteiger partial charge in [-0.15, -0.1) is 0 Å². The Balaban J connectivity index is 1.81. The van der Waals surface area contributed by atoms with Gasteiger partial charge in [0.05, 0.1) is 11.7 Å². The summed E-state index contributed by atoms with van der Waals surface area (Å²) in [5, 5.41) is 11.5. The second-order valence-corrected chi connectivity index (χ2v) is 11.7. The molecule has 178 valence electrons. The average molecular weight is 449 g/mol. The number of aliphatic hydroxyl groups is 1. The van der Waals surface area contributed by atoms with Gasteiger partial charge in [0.25, 0.3) is 0 Å². The second-order valence-electron chi connectivity index (χ2n) is 11.7. The third-order valence-electron chi connectivity index (χ3n) is 8.97. The first-order chi connectivity index (χ1) is 14.7. The van der Waals surface area contributed by atoms with E-state index >= 15 is 4.39 Å². The number of Topliss-reactive ketones (excluding diaryl/α,β-unsaturated/α-hetero) is 1. The Morgan fingerprint density at radius 3 is 2.56 bits per heavy atom. The average Bonchev–Trinajstić information content (AvgIpc) is 2.95. The summed E-state index contributed by atoms with van der Waals surface area (Å²) in [6.07, 6.45) is 5.77. The van der Waals surface area contributed by atoms with E-state index in [1.54, 1.807) is 12.2 Å². The summed E-state index contributed by atoms with van der Waals surface area (Å²) in [5.74, 6) is -0.817. The zero-order valence-corrected chi connectivity index (χ0v) is 20.2. The van der Waals surface area contributed by atoms with Gasteiger partial charge in [-0.25, -0.2) is 4.39 Å². The lowest BCUT2D eigenvalue weighted by Crippen LogP contribution is -2.70. The van der Waals surface area contributed by atoms with Crippen LogP contribution in [0.4, 0.5) is 4.39 Å². The molecule has 7 unspecified atom stereocenters. The molecule has 3 fully saturated rings. The van der Waals surface area contributed by atoms with E-state index < -0.39 is 39.7 Å². The van der Waals surface area contributed by atoms with Crippen LogP contribution in [0.2, 0.25) is 0 Å². The fourth-order valence-corrected chi connectivity index (χ4v) is 7.65. The molecule has 0 aromatic carbocycles. The minimum atomic E-state index is -1.90. The van der Waals surface area contributed by atoms with Gasteiger partial charge >= 0.3 is 0 Å². The van der Waals surface area contributed by atoms with Crippen molar-refractivity contribution in [2.45, 2.75) is 89.7 Å². The molecule has 4 aliphatic carbocycles. The van der Waals surface area contributed by atoms with Crippen LogP contribution < -0.4 is 0 Å². The summed E-state index contributed by atoms with van der Waals surface area (Å²) in [7, 11) is 1.49. The monoisotopic (exact) mass is 448 g/mol. The lowest BCUT2D eigenvalue weighted by atomic mass is 9.44. The zero-order chi connectivity index (χ0) is 23.7. The maximum atomic E-state index is 17.2. The molecule has 1 N–H and O–H groups in total. The van der Waals surface area contributed by atoms with Gasteiger partial charge in [0, 0.05) is 23.9 Å². The SMILES string of the molecule is COCC(=O)C1(OC(C)(C)C)CCC2C3CCC4=CC(=O)C=CC4(C)C3(F)C(O)CC21C. The van der Waals surface area contributed by atoms with Crippen LogP contribution in [0.15, 0.2) is 23.8 Å². The summed E-state index contributed by atoms with van der Waals surface area (Å²) in [4.78, 5) is 25.5.